The number of hydrogen-bond donors (Lipinski definition) is 1. The third kappa shape index (κ3) is 3.49. The zero-order valence-corrected chi connectivity index (χ0v) is 21.6. The van der Waals surface area contributed by atoms with Gasteiger partial charge in [-0.2, -0.15) is 0 Å². The van der Waals surface area contributed by atoms with Gasteiger partial charge < -0.3 is 9.73 Å². The molecule has 2 bridgehead atoms. The summed E-state index contributed by atoms with van der Waals surface area (Å²) in [5.41, 5.74) is 3.20. The molecule has 0 spiro atoms. The highest BCUT2D eigenvalue weighted by atomic mass is 35.5. The molecule has 0 unspecified atom stereocenters. The maximum atomic E-state index is 13.8. The van der Waals surface area contributed by atoms with E-state index in [2.05, 4.69) is 5.32 Å². The van der Waals surface area contributed by atoms with Crippen LogP contribution in [0, 0.1) is 11.8 Å². The van der Waals surface area contributed by atoms with E-state index in [0.29, 0.717) is 38.0 Å². The van der Waals surface area contributed by atoms with Gasteiger partial charge in [-0.3, -0.25) is 19.3 Å². The SMILES string of the molecule is O=C(CCCCCN1C(=O)[C@@H]2[C@@H](C1=O)C1(Cl)c3ccccc3C2(Cl)c2ccccc21)NCc1ccco1. The highest BCUT2D eigenvalue weighted by Crippen LogP contribution is 2.69. The molecule has 3 aliphatic carbocycles. The zero-order chi connectivity index (χ0) is 25.8. The molecule has 190 valence electrons. The smallest absolute Gasteiger partial charge is 0.235 e. The fraction of sp³-hybridized carbons (Fsp3) is 0.345. The molecule has 3 amide bonds. The number of rotatable bonds is 8. The molecule has 1 aliphatic heterocycles. The van der Waals surface area contributed by atoms with Crippen molar-refractivity contribution in [3.05, 3.63) is 94.9 Å². The zero-order valence-electron chi connectivity index (χ0n) is 20.1. The van der Waals surface area contributed by atoms with Crippen molar-refractivity contribution in [1.29, 1.82) is 0 Å². The summed E-state index contributed by atoms with van der Waals surface area (Å²) in [7, 11) is 0. The quantitative estimate of drug-likeness (QED) is 0.248. The van der Waals surface area contributed by atoms with E-state index >= 15 is 0 Å². The first-order valence-corrected chi connectivity index (χ1v) is 13.4. The third-order valence-corrected chi connectivity index (χ3v) is 9.29. The molecular weight excluding hydrogens is 511 g/mol. The Hall–Kier alpha value is -3.09. The van der Waals surface area contributed by atoms with Gasteiger partial charge in [0.05, 0.1) is 24.6 Å². The highest BCUT2D eigenvalue weighted by molar-refractivity contribution is 6.36. The maximum Gasteiger partial charge on any atom is 0.235 e. The molecule has 3 aromatic rings. The standard InChI is InChI=1S/C29H26Cl2N2O4/c30-28-19-10-3-4-11-20(19)29(31,22-13-6-5-12-21(22)28)25-24(28)26(35)33(27(25)36)15-7-1-2-14-23(34)32-17-18-9-8-16-37-18/h3-6,8-13,16,24-25H,1-2,7,14-15,17H2,(H,32,34)/t24-,25-,28?,29?/m0/s1. The van der Waals surface area contributed by atoms with Gasteiger partial charge in [0.2, 0.25) is 17.7 Å². The number of nitrogens with zero attached hydrogens (tertiary/aromatic N) is 1. The van der Waals surface area contributed by atoms with Crippen LogP contribution < -0.4 is 5.32 Å². The number of unbranched alkanes of at least 4 members (excludes halogenated alkanes) is 2. The monoisotopic (exact) mass is 536 g/mol. The Balaban J connectivity index is 1.16. The number of imide groups is 1. The van der Waals surface area contributed by atoms with E-state index in [1.165, 1.54) is 4.90 Å². The van der Waals surface area contributed by atoms with Gasteiger partial charge in [-0.15, -0.1) is 23.2 Å². The fourth-order valence-electron chi connectivity index (χ4n) is 6.36. The lowest BCUT2D eigenvalue weighted by Crippen LogP contribution is -2.57. The van der Waals surface area contributed by atoms with Crippen molar-refractivity contribution in [2.45, 2.75) is 42.0 Å². The molecule has 0 saturated carbocycles. The number of hydrogen-bond acceptors (Lipinski definition) is 4. The molecule has 1 aromatic heterocycles. The summed E-state index contributed by atoms with van der Waals surface area (Å²) in [6.45, 7) is 0.641. The average Bonchev–Trinajstić information content (AvgIpc) is 3.52. The van der Waals surface area contributed by atoms with Gasteiger partial charge >= 0.3 is 0 Å². The minimum atomic E-state index is -1.15. The molecule has 0 radical (unpaired) electrons. The Morgan fingerprint density at radius 1 is 0.811 bits per heavy atom. The highest BCUT2D eigenvalue weighted by Gasteiger charge is 2.72. The minimum absolute atomic E-state index is 0.0592. The topological polar surface area (TPSA) is 79.6 Å². The molecule has 2 aromatic carbocycles. The second-order valence-electron chi connectivity index (χ2n) is 9.96. The molecular formula is C29H26Cl2N2O4. The molecule has 6 nitrogen and oxygen atoms in total. The van der Waals surface area contributed by atoms with Crippen LogP contribution in [0.5, 0.6) is 0 Å². The predicted octanol–water partition coefficient (Wildman–Crippen LogP) is 5.05. The van der Waals surface area contributed by atoms with E-state index in [4.69, 9.17) is 27.6 Å². The number of likely N-dealkylation sites (tertiary alicyclic amines) is 1. The first kappa shape index (κ1) is 24.3. The second kappa shape index (κ2) is 9.03. The summed E-state index contributed by atoms with van der Waals surface area (Å²) >= 11 is 14.8. The van der Waals surface area contributed by atoms with Gasteiger partial charge in [0.25, 0.3) is 0 Å². The Labute approximate surface area is 224 Å². The van der Waals surface area contributed by atoms with E-state index in [-0.39, 0.29) is 24.3 Å². The van der Waals surface area contributed by atoms with Crippen molar-refractivity contribution in [2.24, 2.45) is 11.8 Å². The van der Waals surface area contributed by atoms with Gasteiger partial charge in [-0.05, 0) is 47.2 Å². The number of benzene rings is 2. The summed E-state index contributed by atoms with van der Waals surface area (Å²) in [6, 6.07) is 18.8. The molecule has 4 aliphatic rings. The summed E-state index contributed by atoms with van der Waals surface area (Å²) < 4.78 is 5.22. The van der Waals surface area contributed by atoms with Gasteiger partial charge in [-0.25, -0.2) is 0 Å². The molecule has 1 fully saturated rings. The maximum absolute atomic E-state index is 13.8. The van der Waals surface area contributed by atoms with Gasteiger partial charge in [0, 0.05) is 13.0 Å². The Bertz CT molecular complexity index is 1260. The lowest BCUT2D eigenvalue weighted by Gasteiger charge is -2.54. The van der Waals surface area contributed by atoms with E-state index in [0.717, 1.165) is 22.3 Å². The number of nitrogens with one attached hydrogen (secondary N) is 1. The van der Waals surface area contributed by atoms with Crippen molar-refractivity contribution in [3.63, 3.8) is 0 Å². The lowest BCUT2D eigenvalue weighted by molar-refractivity contribution is -0.140. The van der Waals surface area contributed by atoms with Crippen molar-refractivity contribution in [2.75, 3.05) is 6.54 Å². The van der Waals surface area contributed by atoms with Crippen molar-refractivity contribution < 1.29 is 18.8 Å². The normalized spacial score (nSPS) is 27.1. The fourth-order valence-corrected chi connectivity index (χ4v) is 7.46. The van der Waals surface area contributed by atoms with E-state index in [1.807, 2.05) is 48.5 Å². The Morgan fingerprint density at radius 3 is 1.84 bits per heavy atom. The van der Waals surface area contributed by atoms with Crippen LogP contribution in [0.3, 0.4) is 0 Å². The summed E-state index contributed by atoms with van der Waals surface area (Å²) in [6.07, 6.45) is 3.91. The molecule has 8 heteroatoms. The summed E-state index contributed by atoms with van der Waals surface area (Å²) in [5, 5.41) is 2.83. The van der Waals surface area contributed by atoms with Crippen LogP contribution in [0.2, 0.25) is 0 Å². The van der Waals surface area contributed by atoms with Crippen molar-refractivity contribution in [1.82, 2.24) is 10.2 Å². The molecule has 1 N–H and O–H groups in total. The van der Waals surface area contributed by atoms with Crippen LogP contribution in [0.15, 0.2) is 71.3 Å². The van der Waals surface area contributed by atoms with Crippen LogP contribution in [-0.2, 0) is 30.7 Å². The Morgan fingerprint density at radius 2 is 1.35 bits per heavy atom. The van der Waals surface area contributed by atoms with E-state index < -0.39 is 21.6 Å². The van der Waals surface area contributed by atoms with Gasteiger partial charge in [-0.1, -0.05) is 55.0 Å². The van der Waals surface area contributed by atoms with Gasteiger partial charge in [0.1, 0.15) is 15.5 Å². The van der Waals surface area contributed by atoms with E-state index in [9.17, 15) is 14.4 Å². The average molecular weight is 537 g/mol. The number of halogens is 2. The minimum Gasteiger partial charge on any atom is -0.467 e. The molecule has 1 saturated heterocycles. The number of carbonyl (C=O) groups excluding carboxylic acids is 3. The Kier molecular flexibility index (Phi) is 5.92. The summed E-state index contributed by atoms with van der Waals surface area (Å²) in [4.78, 5) is 38.7. The van der Waals surface area contributed by atoms with Crippen molar-refractivity contribution in [3.8, 4) is 0 Å². The molecule has 7 rings (SSSR count). The lowest BCUT2D eigenvalue weighted by atomic mass is 9.54. The molecule has 2 atom stereocenters. The van der Waals surface area contributed by atoms with Crippen LogP contribution in [-0.4, -0.2) is 29.2 Å². The van der Waals surface area contributed by atoms with Crippen LogP contribution >= 0.6 is 23.2 Å². The third-order valence-electron chi connectivity index (χ3n) is 8.00. The van der Waals surface area contributed by atoms with Crippen LogP contribution in [0.1, 0.15) is 53.7 Å². The number of furan rings is 1. The largest absolute Gasteiger partial charge is 0.467 e. The number of alkyl halides is 2. The van der Waals surface area contributed by atoms with Crippen LogP contribution in [0.25, 0.3) is 0 Å². The number of amides is 3. The van der Waals surface area contributed by atoms with Crippen molar-refractivity contribution >= 4 is 40.9 Å². The van der Waals surface area contributed by atoms with Gasteiger partial charge in [0.15, 0.2) is 0 Å². The first-order valence-electron chi connectivity index (χ1n) is 12.6. The van der Waals surface area contributed by atoms with Crippen LogP contribution in [0.4, 0.5) is 0 Å². The predicted molar refractivity (Wildman–Crippen MR) is 139 cm³/mol. The molecule has 37 heavy (non-hydrogen) atoms. The van der Waals surface area contributed by atoms with E-state index in [1.54, 1.807) is 18.4 Å². The summed E-state index contributed by atoms with van der Waals surface area (Å²) in [5.74, 6) is -1.43. The number of carbonyl (C=O) groups is 3. The molecule has 2 heterocycles. The second-order valence-corrected chi connectivity index (χ2v) is 11.2. The first-order chi connectivity index (χ1) is 17.9.